The Balaban J connectivity index is 1.66. The van der Waals surface area contributed by atoms with Crippen LogP contribution in [0.25, 0.3) is 0 Å². The number of amides is 2. The third kappa shape index (κ3) is 5.72. The molecule has 1 aromatic rings. The standard InChI is InChI=1S/C19H20N4O9S2/c1-3-13(26)31-9(2)32-19(29)11-4-5-34-18-15(17(28)23(11)18)21-16(27)14(10-7-33-8-20-10)22-30-6-12(24)25/h4,7-9,15,18H,3,5-6H2,1-2H3,(H,21,27)(H,24,25)/b22-14+. The molecule has 2 N–H and O–H groups in total. The van der Waals surface area contributed by atoms with Gasteiger partial charge in [0.1, 0.15) is 22.8 Å². The van der Waals surface area contributed by atoms with Gasteiger partial charge in [-0.2, -0.15) is 0 Å². The predicted octanol–water partition coefficient (Wildman–Crippen LogP) is 0.0746. The molecule has 3 heterocycles. The summed E-state index contributed by atoms with van der Waals surface area (Å²) in [5.74, 6) is -3.66. The Hall–Kier alpha value is -3.46. The first-order chi connectivity index (χ1) is 16.2. The van der Waals surface area contributed by atoms with E-state index in [1.54, 1.807) is 6.92 Å². The van der Waals surface area contributed by atoms with Crippen LogP contribution in [0, 0.1) is 0 Å². The van der Waals surface area contributed by atoms with E-state index in [4.69, 9.17) is 14.6 Å². The number of carboxylic acids is 1. The van der Waals surface area contributed by atoms with E-state index in [2.05, 4.69) is 20.3 Å². The number of esters is 2. The molecule has 0 aromatic carbocycles. The first kappa shape index (κ1) is 25.2. The Morgan fingerprint density at radius 2 is 2.12 bits per heavy atom. The Morgan fingerprint density at radius 3 is 2.76 bits per heavy atom. The summed E-state index contributed by atoms with van der Waals surface area (Å²) in [5, 5.41) is 15.7. The van der Waals surface area contributed by atoms with Crippen molar-refractivity contribution in [3.05, 3.63) is 28.4 Å². The highest BCUT2D eigenvalue weighted by molar-refractivity contribution is 8.00. The molecule has 3 unspecified atom stereocenters. The molecule has 0 bridgehead atoms. The summed E-state index contributed by atoms with van der Waals surface area (Å²) >= 11 is 2.49. The normalized spacial score (nSPS) is 20.3. The smallest absolute Gasteiger partial charge is 0.357 e. The molecule has 1 fully saturated rings. The number of rotatable bonds is 10. The van der Waals surface area contributed by atoms with Crippen molar-refractivity contribution in [2.24, 2.45) is 5.16 Å². The first-order valence-electron chi connectivity index (χ1n) is 9.89. The zero-order chi connectivity index (χ0) is 24.8. The van der Waals surface area contributed by atoms with Crippen molar-refractivity contribution in [1.82, 2.24) is 15.2 Å². The minimum Gasteiger partial charge on any atom is -0.479 e. The third-order valence-corrected chi connectivity index (χ3v) is 6.21. The van der Waals surface area contributed by atoms with Crippen molar-refractivity contribution in [3.63, 3.8) is 0 Å². The lowest BCUT2D eigenvalue weighted by Gasteiger charge is -2.48. The number of nitrogens with one attached hydrogen (secondary N) is 1. The van der Waals surface area contributed by atoms with Gasteiger partial charge in [0, 0.05) is 24.5 Å². The molecule has 15 heteroatoms. The second kappa shape index (κ2) is 11.1. The van der Waals surface area contributed by atoms with Gasteiger partial charge in [0.2, 0.25) is 12.9 Å². The summed E-state index contributed by atoms with van der Waals surface area (Å²) in [6, 6.07) is -0.979. The molecule has 2 aliphatic rings. The maximum absolute atomic E-state index is 12.8. The van der Waals surface area contributed by atoms with Crippen LogP contribution in [0.2, 0.25) is 0 Å². The first-order valence-corrected chi connectivity index (χ1v) is 11.9. The van der Waals surface area contributed by atoms with Gasteiger partial charge in [-0.3, -0.25) is 19.3 Å². The summed E-state index contributed by atoms with van der Waals surface area (Å²) in [6.07, 6.45) is 0.488. The highest BCUT2D eigenvalue weighted by Crippen LogP contribution is 2.38. The largest absolute Gasteiger partial charge is 0.479 e. The number of hydrogen-bond acceptors (Lipinski definition) is 12. The fourth-order valence-corrected chi connectivity index (χ4v) is 4.66. The molecule has 1 saturated heterocycles. The molecule has 3 rings (SSSR count). The van der Waals surface area contributed by atoms with Crippen LogP contribution < -0.4 is 5.32 Å². The lowest BCUT2D eigenvalue weighted by molar-refractivity contribution is -0.184. The molecule has 0 radical (unpaired) electrons. The van der Waals surface area contributed by atoms with Crippen LogP contribution in [0.15, 0.2) is 27.8 Å². The molecule has 0 aliphatic carbocycles. The number of thiazole rings is 1. The highest BCUT2D eigenvalue weighted by Gasteiger charge is 2.53. The summed E-state index contributed by atoms with van der Waals surface area (Å²) in [5.41, 5.74) is 1.28. The number of nitrogens with zero attached hydrogens (tertiary/aromatic N) is 3. The molecule has 2 aliphatic heterocycles. The molecule has 0 saturated carbocycles. The van der Waals surface area contributed by atoms with E-state index in [-0.39, 0.29) is 23.5 Å². The number of aliphatic carboxylic acids is 1. The van der Waals surface area contributed by atoms with Crippen LogP contribution in [0.3, 0.4) is 0 Å². The van der Waals surface area contributed by atoms with E-state index in [0.29, 0.717) is 5.75 Å². The van der Waals surface area contributed by atoms with Gasteiger partial charge in [-0.15, -0.1) is 23.1 Å². The summed E-state index contributed by atoms with van der Waals surface area (Å²) in [4.78, 5) is 69.9. The number of carboxylic acid groups (broad SMARTS) is 1. The van der Waals surface area contributed by atoms with Gasteiger partial charge >= 0.3 is 17.9 Å². The molecular formula is C19H20N4O9S2. The molecular weight excluding hydrogens is 492 g/mol. The number of β-lactam (4-membered cyclic amide) rings is 1. The maximum Gasteiger partial charge on any atom is 0.357 e. The predicted molar refractivity (Wildman–Crippen MR) is 117 cm³/mol. The zero-order valence-electron chi connectivity index (χ0n) is 18.0. The molecule has 3 atom stereocenters. The minimum absolute atomic E-state index is 0.0168. The number of oxime groups is 1. The van der Waals surface area contributed by atoms with Crippen LogP contribution in [0.4, 0.5) is 0 Å². The molecule has 1 aromatic heterocycles. The molecule has 34 heavy (non-hydrogen) atoms. The van der Waals surface area contributed by atoms with Gasteiger partial charge in [-0.05, 0) is 6.08 Å². The van der Waals surface area contributed by atoms with E-state index >= 15 is 0 Å². The fourth-order valence-electron chi connectivity index (χ4n) is 2.93. The number of aromatic nitrogens is 1. The quantitative estimate of drug-likeness (QED) is 0.143. The van der Waals surface area contributed by atoms with E-state index in [1.807, 2.05) is 0 Å². The average Bonchev–Trinajstić information content (AvgIpc) is 3.33. The Morgan fingerprint density at radius 1 is 1.35 bits per heavy atom. The summed E-state index contributed by atoms with van der Waals surface area (Å²) < 4.78 is 10.0. The van der Waals surface area contributed by atoms with Crippen LogP contribution in [0.5, 0.6) is 0 Å². The molecule has 182 valence electrons. The topological polar surface area (TPSA) is 174 Å². The summed E-state index contributed by atoms with van der Waals surface area (Å²) in [6.45, 7) is 2.21. The van der Waals surface area contributed by atoms with Crippen molar-refractivity contribution in [3.8, 4) is 0 Å². The van der Waals surface area contributed by atoms with Crippen molar-refractivity contribution >= 4 is 58.5 Å². The van der Waals surface area contributed by atoms with Gasteiger partial charge in [0.05, 0.1) is 5.51 Å². The van der Waals surface area contributed by atoms with Crippen LogP contribution in [-0.2, 0) is 38.3 Å². The van der Waals surface area contributed by atoms with Crippen LogP contribution >= 0.6 is 23.1 Å². The lowest BCUT2D eigenvalue weighted by atomic mass is 10.0. The number of ether oxygens (including phenoxy) is 2. The number of carbonyl (C=O) groups excluding carboxylic acids is 4. The Labute approximate surface area is 201 Å². The minimum atomic E-state index is -1.28. The second-order valence-corrected chi connectivity index (χ2v) is 8.64. The lowest BCUT2D eigenvalue weighted by Crippen LogP contribution is -2.70. The molecule has 13 nitrogen and oxygen atoms in total. The van der Waals surface area contributed by atoms with Crippen molar-refractivity contribution in [2.45, 2.75) is 38.0 Å². The van der Waals surface area contributed by atoms with Gasteiger partial charge in [0.25, 0.3) is 11.8 Å². The highest BCUT2D eigenvalue weighted by atomic mass is 32.2. The van der Waals surface area contributed by atoms with Crippen molar-refractivity contribution in [2.75, 3.05) is 12.4 Å². The van der Waals surface area contributed by atoms with Gasteiger partial charge in [-0.25, -0.2) is 14.6 Å². The van der Waals surface area contributed by atoms with E-state index in [0.717, 1.165) is 0 Å². The Kier molecular flexibility index (Phi) is 8.22. The number of thioether (sulfide) groups is 1. The van der Waals surface area contributed by atoms with E-state index in [1.165, 1.54) is 51.9 Å². The van der Waals surface area contributed by atoms with Crippen molar-refractivity contribution in [1.29, 1.82) is 0 Å². The van der Waals surface area contributed by atoms with E-state index in [9.17, 15) is 24.0 Å². The summed E-state index contributed by atoms with van der Waals surface area (Å²) in [7, 11) is 0. The SMILES string of the molecule is CCC(=O)OC(C)OC(=O)C1=CCSC2C(NC(=O)/C(=N/OCC(=O)O)c3cscn3)C(=O)N12. The molecule has 2 amide bonds. The van der Waals surface area contributed by atoms with E-state index < -0.39 is 54.0 Å². The second-order valence-electron chi connectivity index (χ2n) is 6.77. The van der Waals surface area contributed by atoms with Crippen molar-refractivity contribution < 1.29 is 43.4 Å². The van der Waals surface area contributed by atoms with Crippen LogP contribution in [-0.4, -0.2) is 80.5 Å². The third-order valence-electron chi connectivity index (χ3n) is 4.44. The Bertz CT molecular complexity index is 1040. The monoisotopic (exact) mass is 512 g/mol. The number of hydrogen-bond donors (Lipinski definition) is 2. The zero-order valence-corrected chi connectivity index (χ0v) is 19.6. The fraction of sp³-hybridized carbons (Fsp3) is 0.421. The van der Waals surface area contributed by atoms with Gasteiger partial charge in [-0.1, -0.05) is 12.1 Å². The van der Waals surface area contributed by atoms with Crippen LogP contribution in [0.1, 0.15) is 26.0 Å². The molecule has 0 spiro atoms. The average molecular weight is 513 g/mol. The van der Waals surface area contributed by atoms with Gasteiger partial charge < -0.3 is 24.7 Å². The number of carbonyl (C=O) groups is 5. The maximum atomic E-state index is 12.8. The van der Waals surface area contributed by atoms with Gasteiger partial charge in [0.15, 0.2) is 5.71 Å². The number of fused-ring (bicyclic) bond motifs is 1.